The van der Waals surface area contributed by atoms with Crippen LogP contribution in [0.1, 0.15) is 13.8 Å². The highest BCUT2D eigenvalue weighted by atomic mass is 127. The normalized spacial score (nSPS) is 25.3. The van der Waals surface area contributed by atoms with Crippen LogP contribution in [0.15, 0.2) is 24.3 Å². The first-order valence-corrected chi connectivity index (χ1v) is 6.23. The van der Waals surface area contributed by atoms with Crippen LogP contribution in [0.3, 0.4) is 0 Å². The van der Waals surface area contributed by atoms with Crippen LogP contribution in [0.4, 0.5) is 5.69 Å². The Kier molecular flexibility index (Phi) is 3.01. The summed E-state index contributed by atoms with van der Waals surface area (Å²) in [6.07, 6.45) is 0. The van der Waals surface area contributed by atoms with E-state index in [0.717, 1.165) is 3.57 Å². The van der Waals surface area contributed by atoms with E-state index in [-0.39, 0.29) is 23.7 Å². The summed E-state index contributed by atoms with van der Waals surface area (Å²) in [5.74, 6) is -0.629. The molecule has 0 spiro atoms. The molecule has 1 fully saturated rings. The van der Waals surface area contributed by atoms with Crippen molar-refractivity contribution in [2.45, 2.75) is 13.8 Å². The number of anilines is 1. The van der Waals surface area contributed by atoms with Gasteiger partial charge in [0.2, 0.25) is 11.8 Å². The lowest BCUT2D eigenvalue weighted by atomic mass is 10.00. The molecule has 1 heterocycles. The van der Waals surface area contributed by atoms with E-state index in [0.29, 0.717) is 5.69 Å². The molecule has 1 aromatic carbocycles. The van der Waals surface area contributed by atoms with Gasteiger partial charge in [0, 0.05) is 15.4 Å². The SMILES string of the molecule is CC1C(=O)N(c2ccc(I)cc2)C(=O)C1C. The maximum Gasteiger partial charge on any atom is 0.237 e. The number of carbonyl (C=O) groups is 2. The lowest BCUT2D eigenvalue weighted by Crippen LogP contribution is -2.30. The van der Waals surface area contributed by atoms with Gasteiger partial charge in [-0.25, -0.2) is 0 Å². The van der Waals surface area contributed by atoms with Crippen molar-refractivity contribution >= 4 is 40.1 Å². The van der Waals surface area contributed by atoms with E-state index in [1.807, 2.05) is 24.3 Å². The number of hydrogen-bond acceptors (Lipinski definition) is 2. The molecule has 2 rings (SSSR count). The Morgan fingerprint density at radius 2 is 1.44 bits per heavy atom. The Labute approximate surface area is 108 Å². The Morgan fingerprint density at radius 3 is 1.88 bits per heavy atom. The second kappa shape index (κ2) is 4.16. The maximum atomic E-state index is 11.9. The van der Waals surface area contributed by atoms with Gasteiger partial charge in [-0.05, 0) is 46.9 Å². The standard InChI is InChI=1S/C12H12INO2/c1-7-8(2)12(16)14(11(7)15)10-5-3-9(13)4-6-10/h3-8H,1-2H3. The van der Waals surface area contributed by atoms with Crippen molar-refractivity contribution < 1.29 is 9.59 Å². The zero-order valence-electron chi connectivity index (χ0n) is 9.11. The molecule has 0 radical (unpaired) electrons. The van der Waals surface area contributed by atoms with Gasteiger partial charge in [-0.15, -0.1) is 0 Å². The molecule has 0 aromatic heterocycles. The highest BCUT2D eigenvalue weighted by Gasteiger charge is 2.42. The topological polar surface area (TPSA) is 37.4 Å². The molecule has 2 unspecified atom stereocenters. The number of amides is 2. The van der Waals surface area contributed by atoms with E-state index in [2.05, 4.69) is 22.6 Å². The molecule has 4 heteroatoms. The van der Waals surface area contributed by atoms with E-state index in [1.54, 1.807) is 13.8 Å². The number of rotatable bonds is 1. The van der Waals surface area contributed by atoms with E-state index in [9.17, 15) is 9.59 Å². The van der Waals surface area contributed by atoms with Crippen LogP contribution in [0.25, 0.3) is 0 Å². The molecule has 1 aliphatic rings. The molecule has 1 saturated heterocycles. The molecular formula is C12H12INO2. The molecule has 16 heavy (non-hydrogen) atoms. The quantitative estimate of drug-likeness (QED) is 0.586. The zero-order valence-corrected chi connectivity index (χ0v) is 11.3. The van der Waals surface area contributed by atoms with Crippen molar-refractivity contribution in [1.82, 2.24) is 0 Å². The smallest absolute Gasteiger partial charge is 0.237 e. The largest absolute Gasteiger partial charge is 0.274 e. The number of imide groups is 1. The Balaban J connectivity index is 2.38. The summed E-state index contributed by atoms with van der Waals surface area (Å²) in [5, 5.41) is 0. The van der Waals surface area contributed by atoms with Crippen molar-refractivity contribution in [3.63, 3.8) is 0 Å². The first kappa shape index (κ1) is 11.6. The summed E-state index contributed by atoms with van der Waals surface area (Å²) in [5.41, 5.74) is 0.673. The van der Waals surface area contributed by atoms with E-state index in [4.69, 9.17) is 0 Å². The van der Waals surface area contributed by atoms with Crippen LogP contribution in [-0.4, -0.2) is 11.8 Å². The number of hydrogen-bond donors (Lipinski definition) is 0. The van der Waals surface area contributed by atoms with Crippen molar-refractivity contribution in [3.8, 4) is 0 Å². The van der Waals surface area contributed by atoms with Crippen LogP contribution in [0.5, 0.6) is 0 Å². The number of nitrogens with zero attached hydrogens (tertiary/aromatic N) is 1. The van der Waals surface area contributed by atoms with Crippen molar-refractivity contribution in [3.05, 3.63) is 27.8 Å². The first-order valence-electron chi connectivity index (χ1n) is 5.15. The molecule has 0 aliphatic carbocycles. The van der Waals surface area contributed by atoms with E-state index in [1.165, 1.54) is 4.90 Å². The van der Waals surface area contributed by atoms with Crippen molar-refractivity contribution in [1.29, 1.82) is 0 Å². The fourth-order valence-electron chi connectivity index (χ4n) is 1.79. The molecule has 2 atom stereocenters. The van der Waals surface area contributed by atoms with Gasteiger partial charge in [-0.3, -0.25) is 14.5 Å². The molecular weight excluding hydrogens is 317 g/mol. The molecule has 84 valence electrons. The number of carbonyl (C=O) groups excluding carboxylic acids is 2. The Bertz CT molecular complexity index is 421. The minimum absolute atomic E-state index is 0.0984. The van der Waals surface area contributed by atoms with Gasteiger partial charge < -0.3 is 0 Å². The van der Waals surface area contributed by atoms with Gasteiger partial charge >= 0.3 is 0 Å². The Hall–Kier alpha value is -0.910. The molecule has 2 amide bonds. The lowest BCUT2D eigenvalue weighted by molar-refractivity contribution is -0.122. The maximum absolute atomic E-state index is 11.9. The molecule has 1 aromatic rings. The lowest BCUT2D eigenvalue weighted by Gasteiger charge is -2.14. The van der Waals surface area contributed by atoms with E-state index >= 15 is 0 Å². The summed E-state index contributed by atoms with van der Waals surface area (Å²) in [7, 11) is 0. The fourth-order valence-corrected chi connectivity index (χ4v) is 2.15. The van der Waals surface area contributed by atoms with Crippen LogP contribution in [0.2, 0.25) is 0 Å². The van der Waals surface area contributed by atoms with E-state index < -0.39 is 0 Å². The van der Waals surface area contributed by atoms with Gasteiger partial charge in [0.05, 0.1) is 5.69 Å². The van der Waals surface area contributed by atoms with Gasteiger partial charge in [-0.2, -0.15) is 0 Å². The van der Waals surface area contributed by atoms with Crippen LogP contribution in [0, 0.1) is 15.4 Å². The number of halogens is 1. The molecule has 3 nitrogen and oxygen atoms in total. The second-order valence-corrected chi connectivity index (χ2v) is 5.31. The molecule has 0 saturated carbocycles. The van der Waals surface area contributed by atoms with Crippen molar-refractivity contribution in [2.75, 3.05) is 4.90 Å². The van der Waals surface area contributed by atoms with Crippen LogP contribution in [-0.2, 0) is 9.59 Å². The predicted molar refractivity (Wildman–Crippen MR) is 70.0 cm³/mol. The Morgan fingerprint density at radius 1 is 1.00 bits per heavy atom. The average molecular weight is 329 g/mol. The predicted octanol–water partition coefficient (Wildman–Crippen LogP) is 2.44. The van der Waals surface area contributed by atoms with Gasteiger partial charge in [-0.1, -0.05) is 13.8 Å². The number of benzene rings is 1. The van der Waals surface area contributed by atoms with Crippen LogP contribution >= 0.6 is 22.6 Å². The summed E-state index contributed by atoms with van der Waals surface area (Å²) < 4.78 is 1.08. The molecule has 1 aliphatic heterocycles. The van der Waals surface area contributed by atoms with Crippen molar-refractivity contribution in [2.24, 2.45) is 11.8 Å². The highest BCUT2D eigenvalue weighted by Crippen LogP contribution is 2.30. The van der Waals surface area contributed by atoms with Gasteiger partial charge in [0.25, 0.3) is 0 Å². The van der Waals surface area contributed by atoms with Crippen LogP contribution < -0.4 is 4.90 Å². The second-order valence-electron chi connectivity index (χ2n) is 4.07. The summed E-state index contributed by atoms with van der Waals surface area (Å²) in [4.78, 5) is 25.1. The third-order valence-electron chi connectivity index (χ3n) is 3.05. The minimum atomic E-state index is -0.216. The first-order chi connectivity index (χ1) is 7.52. The highest BCUT2D eigenvalue weighted by molar-refractivity contribution is 14.1. The third kappa shape index (κ3) is 1.75. The fraction of sp³-hybridized carbons (Fsp3) is 0.333. The summed E-state index contributed by atoms with van der Waals surface area (Å²) >= 11 is 2.19. The molecule has 0 bridgehead atoms. The summed E-state index contributed by atoms with van der Waals surface area (Å²) in [6.45, 7) is 3.61. The monoisotopic (exact) mass is 329 g/mol. The average Bonchev–Trinajstić information content (AvgIpc) is 2.46. The summed E-state index contributed by atoms with van der Waals surface area (Å²) in [6, 6.07) is 7.40. The van der Waals surface area contributed by atoms with Gasteiger partial charge in [0.1, 0.15) is 0 Å². The molecule has 0 N–H and O–H groups in total. The minimum Gasteiger partial charge on any atom is -0.274 e. The van der Waals surface area contributed by atoms with Gasteiger partial charge in [0.15, 0.2) is 0 Å². The zero-order chi connectivity index (χ0) is 11.9. The third-order valence-corrected chi connectivity index (χ3v) is 3.77.